The molecule has 4 rings (SSSR count). The maximum Gasteiger partial charge on any atom is 0.275 e. The van der Waals surface area contributed by atoms with Gasteiger partial charge in [-0.1, -0.05) is 0 Å². The molecule has 0 saturated heterocycles. The summed E-state index contributed by atoms with van der Waals surface area (Å²) in [6, 6.07) is 14.8. The molecule has 0 atom stereocenters. The zero-order valence-corrected chi connectivity index (χ0v) is 20.5. The molecule has 0 aliphatic heterocycles. The summed E-state index contributed by atoms with van der Waals surface area (Å²) in [5.41, 5.74) is 2.11. The molecule has 0 saturated carbocycles. The third kappa shape index (κ3) is 6.31. The summed E-state index contributed by atoms with van der Waals surface area (Å²) in [6.07, 6.45) is 1.47. The van der Waals surface area contributed by atoms with E-state index in [2.05, 4.69) is 30.3 Å². The van der Waals surface area contributed by atoms with E-state index in [1.807, 2.05) is 31.2 Å². The van der Waals surface area contributed by atoms with E-state index in [4.69, 9.17) is 4.74 Å². The van der Waals surface area contributed by atoms with Crippen LogP contribution in [0.1, 0.15) is 23.1 Å². The molecule has 2 aromatic carbocycles. The molecule has 3 N–H and O–H groups in total. The third-order valence-corrected chi connectivity index (χ3v) is 6.70. The maximum absolute atomic E-state index is 12.6. The fourth-order valence-electron chi connectivity index (χ4n) is 2.95. The highest BCUT2D eigenvalue weighted by Crippen LogP contribution is 2.24. The summed E-state index contributed by atoms with van der Waals surface area (Å²) in [4.78, 5) is 24.9. The Balaban J connectivity index is 1.37. The van der Waals surface area contributed by atoms with Gasteiger partial charge in [0.15, 0.2) is 5.13 Å². The van der Waals surface area contributed by atoms with Crippen molar-refractivity contribution in [2.45, 2.75) is 18.7 Å². The van der Waals surface area contributed by atoms with Gasteiger partial charge in [0.2, 0.25) is 5.95 Å². The molecule has 0 aliphatic rings. The molecule has 180 valence electrons. The molecule has 0 fully saturated rings. The summed E-state index contributed by atoms with van der Waals surface area (Å²) in [5.74, 6) is 0.346. The van der Waals surface area contributed by atoms with Crippen molar-refractivity contribution in [3.8, 4) is 5.75 Å². The van der Waals surface area contributed by atoms with Gasteiger partial charge in [0.05, 0.1) is 11.5 Å². The molecule has 0 spiro atoms. The molecule has 2 heterocycles. The lowest BCUT2D eigenvalue weighted by Gasteiger charge is -2.08. The fraction of sp³-hybridized carbons (Fsp3) is 0.130. The average Bonchev–Trinajstić information content (AvgIpc) is 3.29. The quantitative estimate of drug-likeness (QED) is 0.301. The third-order valence-electron chi connectivity index (χ3n) is 4.60. The number of amides is 1. The average molecular weight is 511 g/mol. The van der Waals surface area contributed by atoms with Crippen molar-refractivity contribution in [1.29, 1.82) is 0 Å². The van der Waals surface area contributed by atoms with Crippen LogP contribution in [-0.2, 0) is 10.0 Å². The lowest BCUT2D eigenvalue weighted by atomic mass is 10.3. The van der Waals surface area contributed by atoms with Gasteiger partial charge in [-0.3, -0.25) is 4.79 Å². The van der Waals surface area contributed by atoms with Gasteiger partial charge in [-0.15, -0.1) is 11.3 Å². The number of aromatic nitrogens is 3. The van der Waals surface area contributed by atoms with Crippen molar-refractivity contribution in [2.75, 3.05) is 22.0 Å². The summed E-state index contributed by atoms with van der Waals surface area (Å²) in [6.45, 7) is 4.25. The monoisotopic (exact) mass is 510 g/mol. The van der Waals surface area contributed by atoms with Gasteiger partial charge in [-0.25, -0.2) is 28.1 Å². The van der Waals surface area contributed by atoms with Crippen LogP contribution in [0.25, 0.3) is 0 Å². The van der Waals surface area contributed by atoms with Gasteiger partial charge in [0.25, 0.3) is 15.9 Å². The number of sulfonamides is 1. The van der Waals surface area contributed by atoms with E-state index in [1.165, 1.54) is 41.8 Å². The molecule has 2 aromatic heterocycles. The van der Waals surface area contributed by atoms with Crippen LogP contribution < -0.4 is 20.1 Å². The molecule has 1 amide bonds. The largest absolute Gasteiger partial charge is 0.494 e. The fourth-order valence-corrected chi connectivity index (χ4v) is 4.61. The number of hydrogen-bond donors (Lipinski definition) is 3. The van der Waals surface area contributed by atoms with Gasteiger partial charge >= 0.3 is 0 Å². The van der Waals surface area contributed by atoms with E-state index in [1.54, 1.807) is 18.4 Å². The first kappa shape index (κ1) is 24.1. The van der Waals surface area contributed by atoms with Gasteiger partial charge < -0.3 is 15.4 Å². The number of nitrogens with zero attached hydrogens (tertiary/aromatic N) is 3. The Morgan fingerprint density at radius 1 is 1.00 bits per heavy atom. The lowest BCUT2D eigenvalue weighted by Crippen LogP contribution is -2.16. The molecule has 35 heavy (non-hydrogen) atoms. The zero-order chi connectivity index (χ0) is 24.8. The Morgan fingerprint density at radius 3 is 2.40 bits per heavy atom. The molecule has 0 unspecified atom stereocenters. The van der Waals surface area contributed by atoms with Crippen LogP contribution in [0.2, 0.25) is 0 Å². The molecule has 4 aromatic rings. The maximum atomic E-state index is 12.6. The van der Waals surface area contributed by atoms with E-state index in [-0.39, 0.29) is 16.5 Å². The first-order valence-electron chi connectivity index (χ1n) is 10.5. The highest BCUT2D eigenvalue weighted by atomic mass is 32.2. The smallest absolute Gasteiger partial charge is 0.275 e. The highest BCUT2D eigenvalue weighted by molar-refractivity contribution is 7.92. The van der Waals surface area contributed by atoms with E-state index >= 15 is 0 Å². The number of rotatable bonds is 9. The first-order valence-corrected chi connectivity index (χ1v) is 12.9. The molecule has 10 nitrogen and oxygen atoms in total. The number of benzene rings is 2. The number of ether oxygens (including phenoxy) is 1. The molecule has 0 aliphatic carbocycles. The predicted octanol–water partition coefficient (Wildman–Crippen LogP) is 4.44. The molecular weight excluding hydrogens is 488 g/mol. The highest BCUT2D eigenvalue weighted by Gasteiger charge is 2.17. The topological polar surface area (TPSA) is 135 Å². The standard InChI is InChI=1S/C23H22N6O4S2/c1-3-33-18-8-4-17(5-9-18)27-23-28-20(14-34-23)21(30)26-16-6-10-19(11-7-16)35(31,32)29-22-24-13-12-15(2)25-22/h4-14H,3H2,1-2H3,(H,26,30)(H,27,28)(H,24,25,29). The number of thiazole rings is 1. The van der Waals surface area contributed by atoms with E-state index in [0.29, 0.717) is 23.1 Å². The molecule has 12 heteroatoms. The SMILES string of the molecule is CCOc1ccc(Nc2nc(C(=O)Nc3ccc(S(=O)(=O)Nc4nccc(C)n4)cc3)cs2)cc1. The summed E-state index contributed by atoms with van der Waals surface area (Å²) in [5, 5.41) is 8.06. The second-order valence-electron chi connectivity index (χ2n) is 7.23. The lowest BCUT2D eigenvalue weighted by molar-refractivity contribution is 0.102. The van der Waals surface area contributed by atoms with E-state index < -0.39 is 15.9 Å². The van der Waals surface area contributed by atoms with Gasteiger partial charge in [0, 0.05) is 28.6 Å². The van der Waals surface area contributed by atoms with Crippen molar-refractivity contribution in [2.24, 2.45) is 0 Å². The summed E-state index contributed by atoms with van der Waals surface area (Å²) >= 11 is 1.29. The van der Waals surface area contributed by atoms with Crippen molar-refractivity contribution < 1.29 is 17.9 Å². The van der Waals surface area contributed by atoms with E-state index in [9.17, 15) is 13.2 Å². The zero-order valence-electron chi connectivity index (χ0n) is 18.8. The summed E-state index contributed by atoms with van der Waals surface area (Å²) < 4.78 is 32.9. The normalized spacial score (nSPS) is 11.0. The number of carbonyl (C=O) groups excluding carboxylic acids is 1. The Labute approximate surface area is 206 Å². The predicted molar refractivity (Wildman–Crippen MR) is 135 cm³/mol. The number of aryl methyl sites for hydroxylation is 1. The molecular formula is C23H22N6O4S2. The van der Waals surface area contributed by atoms with Gasteiger partial charge in [0.1, 0.15) is 11.4 Å². The second-order valence-corrected chi connectivity index (χ2v) is 9.77. The van der Waals surface area contributed by atoms with E-state index in [0.717, 1.165) is 11.4 Å². The molecule has 0 bridgehead atoms. The van der Waals surface area contributed by atoms with Crippen molar-refractivity contribution in [1.82, 2.24) is 15.0 Å². The first-order chi connectivity index (χ1) is 16.8. The summed E-state index contributed by atoms with van der Waals surface area (Å²) in [7, 11) is -3.87. The minimum absolute atomic E-state index is 0.0103. The van der Waals surface area contributed by atoms with Crippen LogP contribution in [0.15, 0.2) is 71.1 Å². The van der Waals surface area contributed by atoms with Crippen LogP contribution in [0.5, 0.6) is 5.75 Å². The number of carbonyl (C=O) groups is 1. The Bertz CT molecular complexity index is 1420. The minimum Gasteiger partial charge on any atom is -0.494 e. The van der Waals surface area contributed by atoms with Crippen LogP contribution in [-0.4, -0.2) is 35.9 Å². The van der Waals surface area contributed by atoms with Gasteiger partial charge in [-0.05, 0) is 68.4 Å². The van der Waals surface area contributed by atoms with Crippen molar-refractivity contribution in [3.63, 3.8) is 0 Å². The van der Waals surface area contributed by atoms with Crippen molar-refractivity contribution in [3.05, 3.63) is 77.6 Å². The van der Waals surface area contributed by atoms with Crippen LogP contribution in [0.4, 0.5) is 22.5 Å². The van der Waals surface area contributed by atoms with Crippen LogP contribution in [0, 0.1) is 6.92 Å². The van der Waals surface area contributed by atoms with Crippen LogP contribution >= 0.6 is 11.3 Å². The molecule has 0 radical (unpaired) electrons. The Kier molecular flexibility index (Phi) is 7.22. The Morgan fingerprint density at radius 2 is 1.71 bits per heavy atom. The second kappa shape index (κ2) is 10.5. The number of anilines is 4. The number of hydrogen-bond acceptors (Lipinski definition) is 9. The van der Waals surface area contributed by atoms with Crippen LogP contribution in [0.3, 0.4) is 0 Å². The minimum atomic E-state index is -3.87. The van der Waals surface area contributed by atoms with Crippen molar-refractivity contribution >= 4 is 49.7 Å². The number of nitrogens with one attached hydrogen (secondary N) is 3. The Hall–Kier alpha value is -4.03. The van der Waals surface area contributed by atoms with Gasteiger partial charge in [-0.2, -0.15) is 0 Å².